The number of hydrogen-bond acceptors (Lipinski definition) is 4. The van der Waals surface area contributed by atoms with Gasteiger partial charge in [-0.25, -0.2) is 0 Å². The van der Waals surface area contributed by atoms with Crippen LogP contribution in [0, 0.1) is 5.92 Å². The fraction of sp³-hybridized carbons (Fsp3) is 0.538. The fourth-order valence-electron chi connectivity index (χ4n) is 1.20. The van der Waals surface area contributed by atoms with Crippen LogP contribution in [0.5, 0.6) is 5.75 Å². The lowest BCUT2D eigenvalue weighted by Crippen LogP contribution is -2.38. The van der Waals surface area contributed by atoms with Gasteiger partial charge < -0.3 is 15.2 Å². The Bertz CT molecular complexity index is 376. The van der Waals surface area contributed by atoms with Crippen LogP contribution in [0.2, 0.25) is 0 Å². The van der Waals surface area contributed by atoms with Gasteiger partial charge in [0.05, 0.1) is 18.5 Å². The minimum Gasteiger partial charge on any atom is -0.482 e. The van der Waals surface area contributed by atoms with Crippen molar-refractivity contribution in [3.63, 3.8) is 0 Å². The molecule has 1 atom stereocenters. The molecule has 1 rings (SSSR count). The van der Waals surface area contributed by atoms with E-state index in [1.165, 1.54) is 6.20 Å². The van der Waals surface area contributed by atoms with Gasteiger partial charge in [-0.15, -0.1) is 0 Å². The van der Waals surface area contributed by atoms with Crippen molar-refractivity contribution in [1.29, 1.82) is 0 Å². The zero-order valence-corrected chi connectivity index (χ0v) is 11.0. The third-order valence-electron chi connectivity index (χ3n) is 2.72. The van der Waals surface area contributed by atoms with E-state index in [4.69, 9.17) is 9.84 Å². The predicted octanol–water partition coefficient (Wildman–Crippen LogP) is 1.11. The standard InChI is InChI=1S/C13H20N2O3/c1-9(2)10(3)15-13(17)8-18-12-5-4-11(7-16)14-6-12/h4-6,9-10,16H,7-8H2,1-3H3,(H,15,17). The van der Waals surface area contributed by atoms with Crippen molar-refractivity contribution in [3.8, 4) is 5.75 Å². The van der Waals surface area contributed by atoms with Gasteiger partial charge in [0, 0.05) is 6.04 Å². The van der Waals surface area contributed by atoms with Gasteiger partial charge in [-0.2, -0.15) is 0 Å². The second-order valence-electron chi connectivity index (χ2n) is 4.53. The zero-order chi connectivity index (χ0) is 13.5. The molecule has 0 bridgehead atoms. The van der Waals surface area contributed by atoms with Gasteiger partial charge in [0.2, 0.25) is 0 Å². The molecule has 0 aliphatic heterocycles. The van der Waals surface area contributed by atoms with E-state index in [-0.39, 0.29) is 25.2 Å². The first-order valence-corrected chi connectivity index (χ1v) is 6.01. The number of nitrogens with one attached hydrogen (secondary N) is 1. The molecule has 2 N–H and O–H groups in total. The number of carbonyl (C=O) groups excluding carboxylic acids is 1. The largest absolute Gasteiger partial charge is 0.482 e. The van der Waals surface area contributed by atoms with Crippen molar-refractivity contribution in [2.75, 3.05) is 6.61 Å². The zero-order valence-electron chi connectivity index (χ0n) is 11.0. The Morgan fingerprint density at radius 2 is 2.17 bits per heavy atom. The maximum atomic E-state index is 11.6. The molecule has 5 nitrogen and oxygen atoms in total. The van der Waals surface area contributed by atoms with Crippen LogP contribution in [0.4, 0.5) is 0 Å². The molecule has 0 fully saturated rings. The molecule has 1 aromatic rings. The summed E-state index contributed by atoms with van der Waals surface area (Å²) in [5, 5.41) is 11.7. The van der Waals surface area contributed by atoms with Crippen LogP contribution >= 0.6 is 0 Å². The molecule has 1 heterocycles. The monoisotopic (exact) mass is 252 g/mol. The molecule has 5 heteroatoms. The summed E-state index contributed by atoms with van der Waals surface area (Å²) in [6, 6.07) is 3.46. The van der Waals surface area contributed by atoms with Gasteiger partial charge in [0.25, 0.3) is 5.91 Å². The number of aliphatic hydroxyl groups excluding tert-OH is 1. The minimum atomic E-state index is -0.151. The second-order valence-corrected chi connectivity index (χ2v) is 4.53. The fourth-order valence-corrected chi connectivity index (χ4v) is 1.20. The summed E-state index contributed by atoms with van der Waals surface area (Å²) >= 11 is 0. The topological polar surface area (TPSA) is 71.5 Å². The molecule has 0 spiro atoms. The van der Waals surface area contributed by atoms with E-state index in [0.717, 1.165) is 0 Å². The highest BCUT2D eigenvalue weighted by molar-refractivity contribution is 5.77. The SMILES string of the molecule is CC(C)C(C)NC(=O)COc1ccc(CO)nc1. The Hall–Kier alpha value is -1.62. The molecular weight excluding hydrogens is 232 g/mol. The van der Waals surface area contributed by atoms with E-state index in [9.17, 15) is 4.79 Å². The van der Waals surface area contributed by atoms with Crippen LogP contribution in [-0.4, -0.2) is 28.6 Å². The summed E-state index contributed by atoms with van der Waals surface area (Å²) in [6.45, 7) is 5.91. The number of rotatable bonds is 6. The van der Waals surface area contributed by atoms with Crippen LogP contribution in [0.1, 0.15) is 26.5 Å². The number of aliphatic hydroxyl groups is 1. The molecule has 100 valence electrons. The van der Waals surface area contributed by atoms with E-state index in [0.29, 0.717) is 17.4 Å². The first kappa shape index (κ1) is 14.4. The third-order valence-corrected chi connectivity index (χ3v) is 2.72. The summed E-state index contributed by atoms with van der Waals surface area (Å²) in [6.07, 6.45) is 1.49. The van der Waals surface area contributed by atoms with Gasteiger partial charge in [-0.05, 0) is 25.0 Å². The van der Waals surface area contributed by atoms with Crippen LogP contribution in [0.3, 0.4) is 0 Å². The summed E-state index contributed by atoms with van der Waals surface area (Å²) in [5.41, 5.74) is 0.570. The highest BCUT2D eigenvalue weighted by atomic mass is 16.5. The Morgan fingerprint density at radius 1 is 1.44 bits per heavy atom. The lowest BCUT2D eigenvalue weighted by atomic mass is 10.1. The lowest BCUT2D eigenvalue weighted by Gasteiger charge is -2.17. The number of ether oxygens (including phenoxy) is 1. The highest BCUT2D eigenvalue weighted by Gasteiger charge is 2.11. The number of nitrogens with zero attached hydrogens (tertiary/aromatic N) is 1. The average Bonchev–Trinajstić information content (AvgIpc) is 2.36. The molecule has 0 aliphatic rings. The van der Waals surface area contributed by atoms with Crippen LogP contribution in [0.15, 0.2) is 18.3 Å². The van der Waals surface area contributed by atoms with Crippen LogP contribution in [-0.2, 0) is 11.4 Å². The van der Waals surface area contributed by atoms with Gasteiger partial charge in [0.1, 0.15) is 5.75 Å². The van der Waals surface area contributed by atoms with E-state index in [1.54, 1.807) is 12.1 Å². The van der Waals surface area contributed by atoms with E-state index < -0.39 is 0 Å². The molecule has 0 saturated heterocycles. The summed E-state index contributed by atoms with van der Waals surface area (Å²) in [7, 11) is 0. The van der Waals surface area contributed by atoms with E-state index in [1.807, 2.05) is 20.8 Å². The van der Waals surface area contributed by atoms with Crippen LogP contribution < -0.4 is 10.1 Å². The van der Waals surface area contributed by atoms with Crippen molar-refractivity contribution in [2.45, 2.75) is 33.4 Å². The van der Waals surface area contributed by atoms with Gasteiger partial charge >= 0.3 is 0 Å². The molecular formula is C13H20N2O3. The summed E-state index contributed by atoms with van der Waals surface area (Å²) in [4.78, 5) is 15.5. The van der Waals surface area contributed by atoms with Gasteiger partial charge in [0.15, 0.2) is 6.61 Å². The predicted molar refractivity (Wildman–Crippen MR) is 68.1 cm³/mol. The molecule has 0 aliphatic carbocycles. The molecule has 1 amide bonds. The Labute approximate surface area is 107 Å². The Kier molecular flexibility index (Phi) is 5.58. The van der Waals surface area contributed by atoms with Gasteiger partial charge in [-0.3, -0.25) is 9.78 Å². The van der Waals surface area contributed by atoms with Crippen molar-refractivity contribution in [2.24, 2.45) is 5.92 Å². The molecule has 0 radical (unpaired) electrons. The number of amides is 1. The normalized spacial score (nSPS) is 12.3. The average molecular weight is 252 g/mol. The smallest absolute Gasteiger partial charge is 0.258 e. The maximum absolute atomic E-state index is 11.6. The maximum Gasteiger partial charge on any atom is 0.258 e. The minimum absolute atomic E-state index is 0.0305. The highest BCUT2D eigenvalue weighted by Crippen LogP contribution is 2.09. The summed E-state index contributed by atoms with van der Waals surface area (Å²) < 4.78 is 5.29. The van der Waals surface area contributed by atoms with Gasteiger partial charge in [-0.1, -0.05) is 13.8 Å². The van der Waals surface area contributed by atoms with Crippen molar-refractivity contribution in [1.82, 2.24) is 10.3 Å². The van der Waals surface area contributed by atoms with Crippen molar-refractivity contribution >= 4 is 5.91 Å². The molecule has 1 unspecified atom stereocenters. The van der Waals surface area contributed by atoms with Crippen molar-refractivity contribution in [3.05, 3.63) is 24.0 Å². The third kappa shape index (κ3) is 4.71. The van der Waals surface area contributed by atoms with E-state index in [2.05, 4.69) is 10.3 Å². The Morgan fingerprint density at radius 3 is 2.67 bits per heavy atom. The summed E-state index contributed by atoms with van der Waals surface area (Å²) in [5.74, 6) is 0.751. The first-order valence-electron chi connectivity index (χ1n) is 6.01. The lowest BCUT2D eigenvalue weighted by molar-refractivity contribution is -0.124. The first-order chi connectivity index (χ1) is 8.52. The number of aromatic nitrogens is 1. The molecule has 0 saturated carbocycles. The van der Waals surface area contributed by atoms with E-state index >= 15 is 0 Å². The molecule has 18 heavy (non-hydrogen) atoms. The van der Waals surface area contributed by atoms with Crippen molar-refractivity contribution < 1.29 is 14.6 Å². The molecule has 0 aromatic carbocycles. The number of hydrogen-bond donors (Lipinski definition) is 2. The molecule has 1 aromatic heterocycles. The quantitative estimate of drug-likeness (QED) is 0.795. The second kappa shape index (κ2) is 6.96. The number of pyridine rings is 1. The van der Waals surface area contributed by atoms with Crippen LogP contribution in [0.25, 0.3) is 0 Å². The Balaban J connectivity index is 2.37. The number of carbonyl (C=O) groups is 1.